The molecule has 11 heteroatoms. The molecule has 0 spiro atoms. The highest BCUT2D eigenvalue weighted by atomic mass is 19.4. The molecule has 0 radical (unpaired) electrons. The number of carbonyl (C=O) groups is 4. The molecule has 0 bridgehead atoms. The van der Waals surface area contributed by atoms with Crippen LogP contribution in [0.3, 0.4) is 0 Å². The Labute approximate surface area is 206 Å². The van der Waals surface area contributed by atoms with Crippen LogP contribution in [0.5, 0.6) is 0 Å². The van der Waals surface area contributed by atoms with Gasteiger partial charge in [-0.2, -0.15) is 22.0 Å². The summed E-state index contributed by atoms with van der Waals surface area (Å²) in [5, 5.41) is 2.03. The van der Waals surface area contributed by atoms with Crippen molar-refractivity contribution in [2.24, 2.45) is 17.8 Å². The second kappa shape index (κ2) is 11.5. The summed E-state index contributed by atoms with van der Waals surface area (Å²) in [6, 6.07) is 5.11. The lowest BCUT2D eigenvalue weighted by molar-refractivity contribution is -0.270. The number of nitrogens with zero attached hydrogens (tertiary/aromatic N) is 1. The summed E-state index contributed by atoms with van der Waals surface area (Å²) in [6.45, 7) is 6.11. The summed E-state index contributed by atoms with van der Waals surface area (Å²) in [6.07, 6.45) is -5.69. The predicted molar refractivity (Wildman–Crippen MR) is 121 cm³/mol. The second-order valence-electron chi connectivity index (χ2n) is 9.70. The maximum Gasteiger partial charge on any atom is 0.461 e. The average Bonchev–Trinajstić information content (AvgIpc) is 3.29. The maximum atomic E-state index is 13.7. The molecule has 1 N–H and O–H groups in total. The highest BCUT2D eigenvalue weighted by Gasteiger charge is 2.64. The minimum absolute atomic E-state index is 0.115. The van der Waals surface area contributed by atoms with Gasteiger partial charge in [0, 0.05) is 24.4 Å². The molecule has 1 aromatic carbocycles. The van der Waals surface area contributed by atoms with Gasteiger partial charge in [0.1, 0.15) is 6.04 Å². The van der Waals surface area contributed by atoms with Crippen molar-refractivity contribution in [1.82, 2.24) is 10.2 Å². The number of benzene rings is 1. The fourth-order valence-corrected chi connectivity index (χ4v) is 4.19. The van der Waals surface area contributed by atoms with Crippen molar-refractivity contribution in [2.75, 3.05) is 6.54 Å². The molecule has 0 aromatic heterocycles. The first kappa shape index (κ1) is 29.4. The Kier molecular flexibility index (Phi) is 9.36. The topological polar surface area (TPSA) is 83.6 Å². The molecule has 1 aliphatic rings. The number of hydrogen-bond donors (Lipinski definition) is 1. The fraction of sp³-hybridized carbons (Fsp3) is 0.600. The Morgan fingerprint density at radius 2 is 1.56 bits per heavy atom. The van der Waals surface area contributed by atoms with Crippen molar-refractivity contribution in [3.8, 4) is 0 Å². The molecule has 2 unspecified atom stereocenters. The van der Waals surface area contributed by atoms with Gasteiger partial charge < -0.3 is 10.2 Å². The molecule has 1 heterocycles. The van der Waals surface area contributed by atoms with E-state index in [1.165, 1.54) is 18.7 Å². The van der Waals surface area contributed by atoms with Gasteiger partial charge in [-0.1, -0.05) is 58.0 Å². The number of hydrogen-bond acceptors (Lipinski definition) is 4. The molecule has 1 fully saturated rings. The highest BCUT2D eigenvalue weighted by Crippen LogP contribution is 2.37. The van der Waals surface area contributed by atoms with Crippen LogP contribution in [0.25, 0.3) is 0 Å². The van der Waals surface area contributed by atoms with Gasteiger partial charge in [0.15, 0.2) is 5.78 Å². The van der Waals surface area contributed by atoms with E-state index in [2.05, 4.69) is 0 Å². The van der Waals surface area contributed by atoms with Gasteiger partial charge in [-0.25, -0.2) is 0 Å². The molecule has 1 saturated heterocycles. The monoisotopic (exact) mass is 518 g/mol. The maximum absolute atomic E-state index is 13.7. The molecule has 200 valence electrons. The zero-order valence-corrected chi connectivity index (χ0v) is 20.6. The normalized spacial score (nSPS) is 18.3. The number of Topliss-reactive ketones (excluding diaryl/α,β-unsaturated/α-hetero) is 2. The number of alkyl halides is 5. The molecule has 1 aliphatic heterocycles. The molecule has 0 aliphatic carbocycles. The van der Waals surface area contributed by atoms with Crippen molar-refractivity contribution >= 4 is 23.4 Å². The summed E-state index contributed by atoms with van der Waals surface area (Å²) in [7, 11) is 0. The zero-order valence-electron chi connectivity index (χ0n) is 20.6. The number of ketones is 2. The van der Waals surface area contributed by atoms with E-state index >= 15 is 0 Å². The molecular formula is C25H31F5N2O4. The highest BCUT2D eigenvalue weighted by molar-refractivity contribution is 6.00. The van der Waals surface area contributed by atoms with Crippen LogP contribution < -0.4 is 5.32 Å². The van der Waals surface area contributed by atoms with Gasteiger partial charge in [-0.05, 0) is 24.7 Å². The van der Waals surface area contributed by atoms with Crippen molar-refractivity contribution in [2.45, 2.75) is 71.1 Å². The van der Waals surface area contributed by atoms with E-state index in [4.69, 9.17) is 0 Å². The van der Waals surface area contributed by atoms with E-state index in [9.17, 15) is 41.1 Å². The number of rotatable bonds is 10. The number of halogens is 5. The first-order valence-electron chi connectivity index (χ1n) is 11.8. The van der Waals surface area contributed by atoms with Crippen molar-refractivity contribution in [3.63, 3.8) is 0 Å². The van der Waals surface area contributed by atoms with Gasteiger partial charge >= 0.3 is 12.1 Å². The Balaban J connectivity index is 2.21. The molecule has 6 nitrogen and oxygen atoms in total. The van der Waals surface area contributed by atoms with Gasteiger partial charge in [0.05, 0.1) is 6.04 Å². The third-order valence-electron chi connectivity index (χ3n) is 6.37. The lowest BCUT2D eigenvalue weighted by Crippen LogP contribution is -2.59. The first-order valence-corrected chi connectivity index (χ1v) is 11.8. The molecule has 2 rings (SSSR count). The smallest absolute Gasteiger partial charge is 0.344 e. The van der Waals surface area contributed by atoms with Crippen LogP contribution in [0.1, 0.15) is 57.3 Å². The summed E-state index contributed by atoms with van der Waals surface area (Å²) in [5.41, 5.74) is 0.426. The minimum Gasteiger partial charge on any atom is -0.344 e. The lowest BCUT2D eigenvalue weighted by atomic mass is 9.87. The number of amides is 2. The molecule has 3 atom stereocenters. The van der Waals surface area contributed by atoms with Crippen LogP contribution in [0.15, 0.2) is 30.3 Å². The minimum atomic E-state index is -6.10. The Hall–Kier alpha value is -2.85. The number of nitrogens with one attached hydrogen (secondary N) is 1. The van der Waals surface area contributed by atoms with E-state index in [-0.39, 0.29) is 31.1 Å². The van der Waals surface area contributed by atoms with Gasteiger partial charge in [-0.15, -0.1) is 0 Å². The fourth-order valence-electron chi connectivity index (χ4n) is 4.19. The Morgan fingerprint density at radius 1 is 0.972 bits per heavy atom. The summed E-state index contributed by atoms with van der Waals surface area (Å²) < 4.78 is 65.6. The zero-order chi connectivity index (χ0) is 27.4. The van der Waals surface area contributed by atoms with Crippen LogP contribution in [0.2, 0.25) is 0 Å². The second-order valence-corrected chi connectivity index (χ2v) is 9.70. The van der Waals surface area contributed by atoms with Gasteiger partial charge in [-0.3, -0.25) is 19.2 Å². The summed E-state index contributed by atoms with van der Waals surface area (Å²) in [4.78, 5) is 52.3. The predicted octanol–water partition coefficient (Wildman–Crippen LogP) is 4.43. The molecule has 1 aromatic rings. The summed E-state index contributed by atoms with van der Waals surface area (Å²) >= 11 is 0. The van der Waals surface area contributed by atoms with Gasteiger partial charge in [0.25, 0.3) is 0 Å². The third kappa shape index (κ3) is 6.47. The largest absolute Gasteiger partial charge is 0.461 e. The summed E-state index contributed by atoms with van der Waals surface area (Å²) in [5.74, 6) is -11.9. The first-order chi connectivity index (χ1) is 16.6. The number of carbonyl (C=O) groups excluding carboxylic acids is 4. The van der Waals surface area contributed by atoms with E-state index in [1.807, 2.05) is 5.32 Å². The van der Waals surface area contributed by atoms with E-state index in [0.29, 0.717) is 12.0 Å². The van der Waals surface area contributed by atoms with Crippen LogP contribution in [0.4, 0.5) is 22.0 Å². The third-order valence-corrected chi connectivity index (χ3v) is 6.37. The van der Waals surface area contributed by atoms with E-state index in [1.54, 1.807) is 44.2 Å². The number of likely N-dealkylation sites (tertiary alicyclic amines) is 1. The van der Waals surface area contributed by atoms with Crippen LogP contribution in [-0.4, -0.2) is 59.0 Å². The quantitative estimate of drug-likeness (QED) is 0.367. The van der Waals surface area contributed by atoms with Crippen molar-refractivity contribution in [3.05, 3.63) is 35.9 Å². The SMILES string of the molecule is CC(C)C(CC(=O)c1ccccc1)C(=O)N1CCC[C@H]1C(=O)NC(C(=O)C(F)(F)C(F)(F)F)C(C)C. The van der Waals surface area contributed by atoms with E-state index < -0.39 is 53.6 Å². The van der Waals surface area contributed by atoms with Crippen molar-refractivity contribution in [1.29, 1.82) is 0 Å². The molecule has 36 heavy (non-hydrogen) atoms. The van der Waals surface area contributed by atoms with Crippen LogP contribution >= 0.6 is 0 Å². The molecule has 0 saturated carbocycles. The lowest BCUT2D eigenvalue weighted by Gasteiger charge is -2.32. The van der Waals surface area contributed by atoms with Gasteiger partial charge in [0.2, 0.25) is 17.6 Å². The Bertz CT molecular complexity index is 963. The molecule has 2 amide bonds. The average molecular weight is 519 g/mol. The molecular weight excluding hydrogens is 487 g/mol. The standard InChI is InChI=1S/C25H31F5N2O4/c1-14(2)17(13-19(33)16-9-6-5-7-10-16)23(36)32-12-8-11-18(32)22(35)31-20(15(3)4)21(34)24(26,27)25(28,29)30/h5-7,9-10,14-15,17-18,20H,8,11-13H2,1-4H3,(H,31,35)/t17?,18-,20?/m0/s1. The van der Waals surface area contributed by atoms with E-state index in [0.717, 1.165) is 0 Å². The van der Waals surface area contributed by atoms with Crippen LogP contribution in [-0.2, 0) is 14.4 Å². The van der Waals surface area contributed by atoms with Crippen LogP contribution in [0, 0.1) is 17.8 Å². The van der Waals surface area contributed by atoms with Crippen molar-refractivity contribution < 1.29 is 41.1 Å². The Morgan fingerprint density at radius 3 is 2.06 bits per heavy atom.